The van der Waals surface area contributed by atoms with Gasteiger partial charge < -0.3 is 14.5 Å². The number of morpholine rings is 1. The molecule has 0 spiro atoms. The van der Waals surface area contributed by atoms with Crippen LogP contribution in [0, 0.1) is 0 Å². The van der Waals surface area contributed by atoms with E-state index in [0.29, 0.717) is 25.3 Å². The number of nitrogens with zero attached hydrogens (tertiary/aromatic N) is 5. The van der Waals surface area contributed by atoms with Gasteiger partial charge in [0, 0.05) is 33.9 Å². The summed E-state index contributed by atoms with van der Waals surface area (Å²) < 4.78 is 7.46. The van der Waals surface area contributed by atoms with E-state index in [4.69, 9.17) is 4.74 Å². The number of amides is 1. The molecule has 0 radical (unpaired) electrons. The molecule has 1 unspecified atom stereocenters. The fourth-order valence-electron chi connectivity index (χ4n) is 2.59. The summed E-state index contributed by atoms with van der Waals surface area (Å²) in [5.74, 6) is 0.858. The lowest BCUT2D eigenvalue weighted by Gasteiger charge is -2.32. The highest BCUT2D eigenvalue weighted by Gasteiger charge is 2.27. The second-order valence-corrected chi connectivity index (χ2v) is 5.83. The predicted molar refractivity (Wildman–Crippen MR) is 86.4 cm³/mol. The van der Waals surface area contributed by atoms with Gasteiger partial charge in [-0.1, -0.05) is 6.07 Å². The Bertz CT molecular complexity index is 697. The Kier molecular flexibility index (Phi) is 4.29. The molecule has 0 bridgehead atoms. The van der Waals surface area contributed by atoms with Gasteiger partial charge in [-0.3, -0.25) is 9.48 Å². The van der Waals surface area contributed by atoms with Crippen molar-refractivity contribution in [3.8, 4) is 0 Å². The van der Waals surface area contributed by atoms with Crippen LogP contribution in [0.3, 0.4) is 0 Å². The maximum absolute atomic E-state index is 12.6. The molecule has 23 heavy (non-hydrogen) atoms. The SMILES string of the molecule is CN(C)c1cccc(C2CN(C(=O)c3cnn(C)c3)CCO2)n1. The zero-order chi connectivity index (χ0) is 16.4. The maximum Gasteiger partial charge on any atom is 0.257 e. The van der Waals surface area contributed by atoms with Gasteiger partial charge in [-0.2, -0.15) is 5.10 Å². The number of ether oxygens (including phenoxy) is 1. The number of hydrogen-bond donors (Lipinski definition) is 0. The number of pyridine rings is 1. The van der Waals surface area contributed by atoms with E-state index in [9.17, 15) is 4.79 Å². The van der Waals surface area contributed by atoms with Crippen LogP contribution in [0.1, 0.15) is 22.2 Å². The molecule has 1 aliphatic rings. The Hall–Kier alpha value is -2.41. The van der Waals surface area contributed by atoms with E-state index in [1.54, 1.807) is 29.0 Å². The van der Waals surface area contributed by atoms with Crippen LogP contribution in [0.25, 0.3) is 0 Å². The topological polar surface area (TPSA) is 63.5 Å². The Morgan fingerprint density at radius 1 is 1.39 bits per heavy atom. The van der Waals surface area contributed by atoms with Crippen LogP contribution >= 0.6 is 0 Å². The zero-order valence-corrected chi connectivity index (χ0v) is 13.6. The lowest BCUT2D eigenvalue weighted by atomic mass is 10.1. The van der Waals surface area contributed by atoms with Gasteiger partial charge >= 0.3 is 0 Å². The largest absolute Gasteiger partial charge is 0.368 e. The second-order valence-electron chi connectivity index (χ2n) is 5.83. The van der Waals surface area contributed by atoms with E-state index >= 15 is 0 Å². The van der Waals surface area contributed by atoms with Crippen LogP contribution in [-0.2, 0) is 11.8 Å². The van der Waals surface area contributed by atoms with Crippen molar-refractivity contribution in [2.45, 2.75) is 6.10 Å². The molecule has 0 aromatic carbocycles. The molecule has 122 valence electrons. The molecule has 3 rings (SSSR count). The lowest BCUT2D eigenvalue weighted by Crippen LogP contribution is -2.42. The first kappa shape index (κ1) is 15.5. The number of carbonyl (C=O) groups is 1. The molecule has 3 heterocycles. The van der Waals surface area contributed by atoms with Crippen LogP contribution in [0.15, 0.2) is 30.6 Å². The highest BCUT2D eigenvalue weighted by atomic mass is 16.5. The summed E-state index contributed by atoms with van der Waals surface area (Å²) in [7, 11) is 5.70. The first-order valence-corrected chi connectivity index (χ1v) is 7.58. The summed E-state index contributed by atoms with van der Waals surface area (Å²) in [6, 6.07) is 5.85. The van der Waals surface area contributed by atoms with Gasteiger partial charge in [-0.25, -0.2) is 4.98 Å². The molecular weight excluding hydrogens is 294 g/mol. The molecule has 1 atom stereocenters. The fraction of sp³-hybridized carbons (Fsp3) is 0.438. The van der Waals surface area contributed by atoms with Gasteiger partial charge in [0.25, 0.3) is 5.91 Å². The van der Waals surface area contributed by atoms with E-state index in [0.717, 1.165) is 11.5 Å². The minimum atomic E-state index is -0.204. The maximum atomic E-state index is 12.6. The van der Waals surface area contributed by atoms with Crippen LogP contribution in [0.2, 0.25) is 0 Å². The first-order valence-electron chi connectivity index (χ1n) is 7.58. The molecule has 1 fully saturated rings. The van der Waals surface area contributed by atoms with Crippen molar-refractivity contribution < 1.29 is 9.53 Å². The normalized spacial score (nSPS) is 18.0. The molecule has 0 aliphatic carbocycles. The lowest BCUT2D eigenvalue weighted by molar-refractivity contribution is -0.0246. The number of carbonyl (C=O) groups excluding carboxylic acids is 1. The smallest absolute Gasteiger partial charge is 0.257 e. The summed E-state index contributed by atoms with van der Waals surface area (Å²) in [6.45, 7) is 1.58. The van der Waals surface area contributed by atoms with E-state index in [1.165, 1.54) is 0 Å². The summed E-state index contributed by atoms with van der Waals surface area (Å²) >= 11 is 0. The van der Waals surface area contributed by atoms with Crippen molar-refractivity contribution in [1.29, 1.82) is 0 Å². The number of aromatic nitrogens is 3. The second kappa shape index (κ2) is 6.37. The monoisotopic (exact) mass is 315 g/mol. The summed E-state index contributed by atoms with van der Waals surface area (Å²) in [5.41, 5.74) is 1.45. The molecule has 7 heteroatoms. The van der Waals surface area contributed by atoms with Gasteiger partial charge in [0.2, 0.25) is 0 Å². The summed E-state index contributed by atoms with van der Waals surface area (Å²) in [4.78, 5) is 20.9. The molecule has 1 saturated heterocycles. The van der Waals surface area contributed by atoms with Crippen molar-refractivity contribution >= 4 is 11.7 Å². The highest BCUT2D eigenvalue weighted by molar-refractivity contribution is 5.93. The van der Waals surface area contributed by atoms with Crippen LogP contribution in [0.4, 0.5) is 5.82 Å². The van der Waals surface area contributed by atoms with Gasteiger partial charge in [0.1, 0.15) is 11.9 Å². The fourth-order valence-corrected chi connectivity index (χ4v) is 2.59. The predicted octanol–water partition coefficient (Wildman–Crippen LogP) is 1.09. The van der Waals surface area contributed by atoms with Gasteiger partial charge in [0.05, 0.1) is 30.6 Å². The minimum absolute atomic E-state index is 0.0184. The van der Waals surface area contributed by atoms with Gasteiger partial charge in [-0.15, -0.1) is 0 Å². The average Bonchev–Trinajstić information content (AvgIpc) is 3.01. The highest BCUT2D eigenvalue weighted by Crippen LogP contribution is 2.23. The van der Waals surface area contributed by atoms with Gasteiger partial charge in [0.15, 0.2) is 0 Å². The van der Waals surface area contributed by atoms with Crippen molar-refractivity contribution in [3.05, 3.63) is 41.9 Å². The quantitative estimate of drug-likeness (QED) is 0.848. The number of hydrogen-bond acceptors (Lipinski definition) is 5. The first-order chi connectivity index (χ1) is 11.0. The molecule has 2 aromatic heterocycles. The Labute approximate surface area is 135 Å². The van der Waals surface area contributed by atoms with Crippen molar-refractivity contribution in [2.24, 2.45) is 7.05 Å². The molecule has 0 saturated carbocycles. The average molecular weight is 315 g/mol. The minimum Gasteiger partial charge on any atom is -0.368 e. The molecule has 1 amide bonds. The van der Waals surface area contributed by atoms with Crippen molar-refractivity contribution in [1.82, 2.24) is 19.7 Å². The molecule has 7 nitrogen and oxygen atoms in total. The van der Waals surface area contributed by atoms with Crippen LogP contribution in [0.5, 0.6) is 0 Å². The Balaban J connectivity index is 1.75. The standard InChI is InChI=1S/C16H21N5O2/c1-19(2)15-6-4-5-13(18-15)14-11-21(7-8-23-14)16(22)12-9-17-20(3)10-12/h4-6,9-10,14H,7-8,11H2,1-3H3. The zero-order valence-electron chi connectivity index (χ0n) is 13.6. The summed E-state index contributed by atoms with van der Waals surface area (Å²) in [5, 5.41) is 4.06. The van der Waals surface area contributed by atoms with E-state index in [-0.39, 0.29) is 12.0 Å². The Morgan fingerprint density at radius 3 is 2.91 bits per heavy atom. The third-order valence-corrected chi connectivity index (χ3v) is 3.85. The van der Waals surface area contributed by atoms with E-state index < -0.39 is 0 Å². The summed E-state index contributed by atoms with van der Waals surface area (Å²) in [6.07, 6.45) is 3.12. The van der Waals surface area contributed by atoms with E-state index in [1.807, 2.05) is 37.2 Å². The number of aryl methyl sites for hydroxylation is 1. The molecule has 1 aliphatic heterocycles. The number of anilines is 1. The van der Waals surface area contributed by atoms with E-state index in [2.05, 4.69) is 10.1 Å². The van der Waals surface area contributed by atoms with Crippen LogP contribution in [-0.4, -0.2) is 59.4 Å². The molecular formula is C16H21N5O2. The third-order valence-electron chi connectivity index (χ3n) is 3.85. The van der Waals surface area contributed by atoms with Gasteiger partial charge in [-0.05, 0) is 12.1 Å². The molecule has 2 aromatic rings. The third kappa shape index (κ3) is 3.34. The number of rotatable bonds is 3. The van der Waals surface area contributed by atoms with Crippen molar-refractivity contribution in [3.63, 3.8) is 0 Å². The molecule has 0 N–H and O–H groups in total. The Morgan fingerprint density at radius 2 is 2.22 bits per heavy atom. The van der Waals surface area contributed by atoms with Crippen LogP contribution < -0.4 is 4.90 Å². The van der Waals surface area contributed by atoms with Crippen molar-refractivity contribution in [2.75, 3.05) is 38.7 Å².